The van der Waals surface area contributed by atoms with Crippen LogP contribution in [0.4, 0.5) is 0 Å². The quantitative estimate of drug-likeness (QED) is 0.674. The molecule has 0 fully saturated rings. The summed E-state index contributed by atoms with van der Waals surface area (Å²) in [5.74, 6) is 0.520. The Bertz CT molecular complexity index is 805. The summed E-state index contributed by atoms with van der Waals surface area (Å²) in [5.41, 5.74) is 1.68. The van der Waals surface area contributed by atoms with Gasteiger partial charge in [-0.1, -0.05) is 12.1 Å². The number of thiophene rings is 1. The molecule has 0 unspecified atom stereocenters. The van der Waals surface area contributed by atoms with Crippen molar-refractivity contribution in [2.24, 2.45) is 0 Å². The minimum Gasteiger partial charge on any atom is -0.497 e. The maximum absolute atomic E-state index is 11.6. The van der Waals surface area contributed by atoms with Gasteiger partial charge in [0.05, 0.1) is 19.8 Å². The molecule has 0 N–H and O–H groups in total. The first-order valence-electron chi connectivity index (χ1n) is 6.47. The normalized spacial score (nSPS) is 10.6. The molecule has 4 heteroatoms. The highest BCUT2D eigenvalue weighted by atomic mass is 32.1. The van der Waals surface area contributed by atoms with Gasteiger partial charge >= 0.3 is 5.97 Å². The molecule has 0 aliphatic carbocycles. The first-order valence-corrected chi connectivity index (χ1v) is 7.29. The van der Waals surface area contributed by atoms with E-state index >= 15 is 0 Å². The fourth-order valence-electron chi connectivity index (χ4n) is 2.21. The third kappa shape index (κ3) is 2.62. The molecule has 106 valence electrons. The minimum atomic E-state index is -0.314. The molecule has 0 atom stereocenters. The second-order valence-electron chi connectivity index (χ2n) is 4.59. The van der Waals surface area contributed by atoms with E-state index in [4.69, 9.17) is 9.47 Å². The van der Waals surface area contributed by atoms with E-state index < -0.39 is 0 Å². The van der Waals surface area contributed by atoms with E-state index in [-0.39, 0.29) is 5.97 Å². The third-order valence-electron chi connectivity index (χ3n) is 3.29. The molecule has 0 radical (unpaired) electrons. The molecule has 3 nitrogen and oxygen atoms in total. The molecule has 0 saturated carbocycles. The van der Waals surface area contributed by atoms with Crippen LogP contribution in [0.5, 0.6) is 5.75 Å². The van der Waals surface area contributed by atoms with E-state index in [1.807, 2.05) is 30.3 Å². The average Bonchev–Trinajstić information content (AvgIpc) is 2.97. The Morgan fingerprint density at radius 3 is 2.67 bits per heavy atom. The molecule has 0 saturated heterocycles. The van der Waals surface area contributed by atoms with Gasteiger partial charge in [-0.05, 0) is 47.3 Å². The molecule has 0 aliphatic heterocycles. The fourth-order valence-corrected chi connectivity index (χ4v) is 3.25. The number of hydrogen-bond acceptors (Lipinski definition) is 4. The van der Waals surface area contributed by atoms with Gasteiger partial charge in [0, 0.05) is 9.58 Å². The maximum Gasteiger partial charge on any atom is 0.337 e. The van der Waals surface area contributed by atoms with Crippen molar-refractivity contribution < 1.29 is 14.3 Å². The van der Waals surface area contributed by atoms with Crippen LogP contribution in [-0.2, 0) is 4.74 Å². The standard InChI is InChI=1S/C17H14O3S/c1-19-14-5-3-4-11(9-14)16-10-13-8-12(17(18)20-2)6-7-15(13)21-16/h3-10H,1-2H3. The zero-order chi connectivity index (χ0) is 14.8. The van der Waals surface area contributed by atoms with Crippen molar-refractivity contribution in [3.8, 4) is 16.2 Å². The highest BCUT2D eigenvalue weighted by molar-refractivity contribution is 7.22. The molecule has 1 aromatic heterocycles. The average molecular weight is 298 g/mol. The smallest absolute Gasteiger partial charge is 0.337 e. The van der Waals surface area contributed by atoms with Gasteiger partial charge in [0.25, 0.3) is 0 Å². The molecule has 21 heavy (non-hydrogen) atoms. The van der Waals surface area contributed by atoms with Crippen LogP contribution < -0.4 is 4.74 Å². The number of benzene rings is 2. The second-order valence-corrected chi connectivity index (χ2v) is 5.67. The highest BCUT2D eigenvalue weighted by Gasteiger charge is 2.09. The molecule has 0 bridgehead atoms. The van der Waals surface area contributed by atoms with Crippen molar-refractivity contribution in [2.45, 2.75) is 0 Å². The monoisotopic (exact) mass is 298 g/mol. The molecule has 3 rings (SSSR count). The van der Waals surface area contributed by atoms with Gasteiger partial charge in [-0.15, -0.1) is 11.3 Å². The Labute approximate surface area is 126 Å². The molecule has 0 spiro atoms. The van der Waals surface area contributed by atoms with Gasteiger partial charge in [-0.25, -0.2) is 4.79 Å². The number of rotatable bonds is 3. The molecule has 1 heterocycles. The number of carbonyl (C=O) groups is 1. The molecule has 0 amide bonds. The van der Waals surface area contributed by atoms with Crippen molar-refractivity contribution in [1.29, 1.82) is 0 Å². The number of ether oxygens (including phenoxy) is 2. The molecular weight excluding hydrogens is 284 g/mol. The predicted octanol–water partition coefficient (Wildman–Crippen LogP) is 4.36. The van der Waals surface area contributed by atoms with Crippen LogP contribution in [-0.4, -0.2) is 20.2 Å². The van der Waals surface area contributed by atoms with Crippen LogP contribution >= 0.6 is 11.3 Å². The second kappa shape index (κ2) is 5.58. The summed E-state index contributed by atoms with van der Waals surface area (Å²) in [5, 5.41) is 1.04. The Balaban J connectivity index is 2.06. The topological polar surface area (TPSA) is 35.5 Å². The van der Waals surface area contributed by atoms with E-state index in [2.05, 4.69) is 12.1 Å². The summed E-state index contributed by atoms with van der Waals surface area (Å²) < 4.78 is 11.2. The Kier molecular flexibility index (Phi) is 3.62. The van der Waals surface area contributed by atoms with E-state index in [0.717, 1.165) is 26.3 Å². The van der Waals surface area contributed by atoms with E-state index in [0.29, 0.717) is 5.56 Å². The lowest BCUT2D eigenvalue weighted by Gasteiger charge is -2.01. The van der Waals surface area contributed by atoms with Crippen molar-refractivity contribution in [3.63, 3.8) is 0 Å². The fraction of sp³-hybridized carbons (Fsp3) is 0.118. The van der Waals surface area contributed by atoms with Crippen molar-refractivity contribution in [2.75, 3.05) is 14.2 Å². The molecular formula is C17H14O3S. The van der Waals surface area contributed by atoms with Gasteiger partial charge in [0.2, 0.25) is 0 Å². The number of fused-ring (bicyclic) bond motifs is 1. The highest BCUT2D eigenvalue weighted by Crippen LogP contribution is 2.35. The summed E-state index contributed by atoms with van der Waals surface area (Å²) in [6, 6.07) is 15.6. The Hall–Kier alpha value is -2.33. The van der Waals surface area contributed by atoms with Crippen LogP contribution in [0.2, 0.25) is 0 Å². The van der Waals surface area contributed by atoms with E-state index in [9.17, 15) is 4.79 Å². The molecule has 3 aromatic rings. The molecule has 0 aliphatic rings. The minimum absolute atomic E-state index is 0.314. The first kappa shape index (κ1) is 13.6. The summed E-state index contributed by atoms with van der Waals surface area (Å²) >= 11 is 1.69. The van der Waals surface area contributed by atoms with Crippen LogP contribution in [0.1, 0.15) is 10.4 Å². The van der Waals surface area contributed by atoms with Gasteiger partial charge in [0.1, 0.15) is 5.75 Å². The Morgan fingerprint density at radius 1 is 1.05 bits per heavy atom. The summed E-state index contributed by atoms with van der Waals surface area (Å²) in [7, 11) is 3.05. The van der Waals surface area contributed by atoms with E-state index in [1.54, 1.807) is 24.5 Å². The van der Waals surface area contributed by atoms with Gasteiger partial charge in [-0.2, -0.15) is 0 Å². The van der Waals surface area contributed by atoms with Crippen LogP contribution in [0.15, 0.2) is 48.5 Å². The first-order chi connectivity index (χ1) is 10.2. The van der Waals surface area contributed by atoms with Gasteiger partial charge < -0.3 is 9.47 Å². The van der Waals surface area contributed by atoms with Crippen LogP contribution in [0.3, 0.4) is 0 Å². The number of carbonyl (C=O) groups excluding carboxylic acids is 1. The van der Waals surface area contributed by atoms with Crippen LogP contribution in [0.25, 0.3) is 20.5 Å². The third-order valence-corrected chi connectivity index (χ3v) is 4.46. The lowest BCUT2D eigenvalue weighted by molar-refractivity contribution is 0.0601. The lowest BCUT2D eigenvalue weighted by atomic mass is 10.1. The van der Waals surface area contributed by atoms with Crippen molar-refractivity contribution in [1.82, 2.24) is 0 Å². The number of esters is 1. The predicted molar refractivity (Wildman–Crippen MR) is 85.2 cm³/mol. The summed E-state index contributed by atoms with van der Waals surface area (Å²) in [6.07, 6.45) is 0. The van der Waals surface area contributed by atoms with Gasteiger partial charge in [0.15, 0.2) is 0 Å². The zero-order valence-electron chi connectivity index (χ0n) is 11.8. The van der Waals surface area contributed by atoms with Crippen molar-refractivity contribution in [3.05, 3.63) is 54.1 Å². The number of methoxy groups -OCH3 is 2. The Morgan fingerprint density at radius 2 is 1.90 bits per heavy atom. The zero-order valence-corrected chi connectivity index (χ0v) is 12.6. The number of hydrogen-bond donors (Lipinski definition) is 0. The maximum atomic E-state index is 11.6. The van der Waals surface area contributed by atoms with Crippen molar-refractivity contribution >= 4 is 27.4 Å². The largest absolute Gasteiger partial charge is 0.497 e. The van der Waals surface area contributed by atoms with Gasteiger partial charge in [-0.3, -0.25) is 0 Å². The summed E-state index contributed by atoms with van der Waals surface area (Å²) in [6.45, 7) is 0. The SMILES string of the molecule is COC(=O)c1ccc2sc(-c3cccc(OC)c3)cc2c1. The summed E-state index contributed by atoms with van der Waals surface area (Å²) in [4.78, 5) is 12.7. The van der Waals surface area contributed by atoms with Crippen LogP contribution in [0, 0.1) is 0 Å². The van der Waals surface area contributed by atoms with E-state index in [1.165, 1.54) is 7.11 Å². The molecule has 2 aromatic carbocycles. The lowest BCUT2D eigenvalue weighted by Crippen LogP contribution is -1.99.